The van der Waals surface area contributed by atoms with E-state index in [1.54, 1.807) is 0 Å². The number of ether oxygens (including phenoxy) is 2. The summed E-state index contributed by atoms with van der Waals surface area (Å²) in [7, 11) is 0. The normalized spacial score (nSPS) is 12.2. The highest BCUT2D eigenvalue weighted by molar-refractivity contribution is 5.64. The first kappa shape index (κ1) is 23.3. The fourth-order valence-electron chi connectivity index (χ4n) is 3.43. The summed E-state index contributed by atoms with van der Waals surface area (Å²) >= 11 is 0. The van der Waals surface area contributed by atoms with Gasteiger partial charge in [-0.2, -0.15) is 0 Å². The molecule has 0 amide bonds. The van der Waals surface area contributed by atoms with Crippen LogP contribution in [0.2, 0.25) is 0 Å². The van der Waals surface area contributed by atoms with Crippen molar-refractivity contribution < 1.29 is 9.47 Å². The number of rotatable bonds is 14. The first-order valence-electron chi connectivity index (χ1n) is 11.5. The van der Waals surface area contributed by atoms with Gasteiger partial charge in [0.15, 0.2) is 0 Å². The third kappa shape index (κ3) is 9.39. The molecule has 0 bridgehead atoms. The minimum absolute atomic E-state index is 0.732. The zero-order valence-corrected chi connectivity index (χ0v) is 19.0. The van der Waals surface area contributed by atoms with Crippen molar-refractivity contribution >= 4 is 0 Å². The first-order valence-corrected chi connectivity index (χ1v) is 11.5. The summed E-state index contributed by atoms with van der Waals surface area (Å²) < 4.78 is 11.8. The third-order valence-electron chi connectivity index (χ3n) is 5.42. The highest BCUT2D eigenvalue weighted by Gasteiger charge is 2.05. The van der Waals surface area contributed by atoms with Gasteiger partial charge in [-0.15, -0.1) is 0 Å². The zero-order chi connectivity index (χ0) is 20.9. The Hall–Kier alpha value is -1.96. The topological polar surface area (TPSA) is 18.5 Å². The maximum atomic E-state index is 5.96. The number of hydrogen-bond donors (Lipinski definition) is 0. The Morgan fingerprint density at radius 1 is 0.621 bits per heavy atom. The van der Waals surface area contributed by atoms with Gasteiger partial charge in [0.25, 0.3) is 0 Å². The average molecular weight is 397 g/mol. The van der Waals surface area contributed by atoms with E-state index in [-0.39, 0.29) is 0 Å². The van der Waals surface area contributed by atoms with Gasteiger partial charge >= 0.3 is 0 Å². The van der Waals surface area contributed by atoms with Crippen molar-refractivity contribution in [3.8, 4) is 22.6 Å². The predicted octanol–water partition coefficient (Wildman–Crippen LogP) is 8.15. The lowest BCUT2D eigenvalue weighted by molar-refractivity contribution is 0.276. The Bertz CT molecular complexity index is 658. The molecule has 2 aromatic rings. The van der Waals surface area contributed by atoms with Crippen LogP contribution in [0.25, 0.3) is 11.1 Å². The molecule has 0 spiro atoms. The monoisotopic (exact) mass is 396 g/mol. The molecule has 0 radical (unpaired) electrons. The summed E-state index contributed by atoms with van der Waals surface area (Å²) in [6, 6.07) is 16.8. The van der Waals surface area contributed by atoms with Gasteiger partial charge in [-0.25, -0.2) is 0 Å². The number of benzene rings is 2. The highest BCUT2D eigenvalue weighted by Crippen LogP contribution is 2.25. The minimum Gasteiger partial charge on any atom is -0.494 e. The fourth-order valence-corrected chi connectivity index (χ4v) is 3.43. The van der Waals surface area contributed by atoms with E-state index < -0.39 is 0 Å². The van der Waals surface area contributed by atoms with E-state index in [0.717, 1.165) is 49.4 Å². The molecule has 0 aromatic heterocycles. The second kappa shape index (κ2) is 13.3. The van der Waals surface area contributed by atoms with Crippen LogP contribution in [0.15, 0.2) is 48.5 Å². The smallest absolute Gasteiger partial charge is 0.119 e. The molecule has 1 unspecified atom stereocenters. The molecule has 0 aliphatic rings. The molecule has 0 N–H and O–H groups in total. The summed E-state index contributed by atoms with van der Waals surface area (Å²) in [6.45, 7) is 10.7. The van der Waals surface area contributed by atoms with E-state index >= 15 is 0 Å². The molecule has 2 heteroatoms. The second-order valence-electron chi connectivity index (χ2n) is 8.67. The molecule has 0 saturated heterocycles. The van der Waals surface area contributed by atoms with Crippen molar-refractivity contribution in [2.45, 2.75) is 72.6 Å². The van der Waals surface area contributed by atoms with Crippen LogP contribution in [0.1, 0.15) is 72.6 Å². The average Bonchev–Trinajstić information content (AvgIpc) is 2.72. The third-order valence-corrected chi connectivity index (χ3v) is 5.42. The van der Waals surface area contributed by atoms with Crippen LogP contribution in [0.4, 0.5) is 0 Å². The van der Waals surface area contributed by atoms with Crippen LogP contribution in [0.3, 0.4) is 0 Å². The molecule has 0 fully saturated rings. The molecular formula is C27H40O2. The van der Waals surface area contributed by atoms with Gasteiger partial charge < -0.3 is 9.47 Å². The summed E-state index contributed by atoms with van der Waals surface area (Å²) in [5, 5.41) is 0. The maximum Gasteiger partial charge on any atom is 0.119 e. The molecule has 0 aliphatic heterocycles. The molecule has 0 heterocycles. The fraction of sp³-hybridized carbons (Fsp3) is 0.556. The van der Waals surface area contributed by atoms with Gasteiger partial charge in [0.05, 0.1) is 13.2 Å². The summed E-state index contributed by atoms with van der Waals surface area (Å²) in [6.07, 6.45) is 8.66. The maximum absolute atomic E-state index is 5.96. The summed E-state index contributed by atoms with van der Waals surface area (Å²) in [5.74, 6) is 3.45. The van der Waals surface area contributed by atoms with Crippen molar-refractivity contribution in [3.63, 3.8) is 0 Å². The van der Waals surface area contributed by atoms with Crippen LogP contribution >= 0.6 is 0 Å². The van der Waals surface area contributed by atoms with Gasteiger partial charge in [-0.3, -0.25) is 0 Å². The van der Waals surface area contributed by atoms with Crippen molar-refractivity contribution in [2.75, 3.05) is 13.2 Å². The second-order valence-corrected chi connectivity index (χ2v) is 8.67. The Morgan fingerprint density at radius 3 is 1.69 bits per heavy atom. The quantitative estimate of drug-likeness (QED) is 0.300. The SMILES string of the molecule is CCCCCOc1ccc(-c2ccc(OCCC(C)CCCC(C)C)cc2)cc1. The highest BCUT2D eigenvalue weighted by atomic mass is 16.5. The summed E-state index contributed by atoms with van der Waals surface area (Å²) in [5.41, 5.74) is 2.41. The number of unbranched alkanes of at least 4 members (excludes halogenated alkanes) is 2. The standard InChI is InChI=1S/C27H40O2/c1-5-6-7-20-28-26-15-11-24(12-16-26)25-13-17-27(18-14-25)29-21-19-23(4)10-8-9-22(2)3/h11-18,22-23H,5-10,19-21H2,1-4H3. The van der Waals surface area contributed by atoms with Crippen molar-refractivity contribution in [3.05, 3.63) is 48.5 Å². The van der Waals surface area contributed by atoms with Crippen LogP contribution in [0.5, 0.6) is 11.5 Å². The Morgan fingerprint density at radius 2 is 1.17 bits per heavy atom. The summed E-state index contributed by atoms with van der Waals surface area (Å²) in [4.78, 5) is 0. The van der Waals surface area contributed by atoms with Crippen molar-refractivity contribution in [1.82, 2.24) is 0 Å². The lowest BCUT2D eigenvalue weighted by Crippen LogP contribution is -2.04. The largest absolute Gasteiger partial charge is 0.494 e. The van der Waals surface area contributed by atoms with E-state index in [1.807, 2.05) is 0 Å². The molecule has 0 saturated carbocycles. The van der Waals surface area contributed by atoms with Crippen LogP contribution < -0.4 is 9.47 Å². The molecule has 160 valence electrons. The van der Waals surface area contributed by atoms with Crippen LogP contribution in [-0.2, 0) is 0 Å². The van der Waals surface area contributed by atoms with Gasteiger partial charge in [0.1, 0.15) is 11.5 Å². The predicted molar refractivity (Wildman–Crippen MR) is 125 cm³/mol. The van der Waals surface area contributed by atoms with Crippen LogP contribution in [0, 0.1) is 11.8 Å². The van der Waals surface area contributed by atoms with Crippen LogP contribution in [-0.4, -0.2) is 13.2 Å². The zero-order valence-electron chi connectivity index (χ0n) is 19.0. The van der Waals surface area contributed by atoms with E-state index in [4.69, 9.17) is 9.47 Å². The van der Waals surface area contributed by atoms with Gasteiger partial charge in [-0.1, -0.05) is 84.1 Å². The Balaban J connectivity index is 1.73. The van der Waals surface area contributed by atoms with E-state index in [1.165, 1.54) is 43.2 Å². The lowest BCUT2D eigenvalue weighted by atomic mass is 9.98. The Labute approximate surface area is 178 Å². The van der Waals surface area contributed by atoms with Gasteiger partial charge in [0.2, 0.25) is 0 Å². The van der Waals surface area contributed by atoms with E-state index in [9.17, 15) is 0 Å². The molecule has 1 atom stereocenters. The van der Waals surface area contributed by atoms with Gasteiger partial charge in [0, 0.05) is 0 Å². The number of hydrogen-bond acceptors (Lipinski definition) is 2. The first-order chi connectivity index (χ1) is 14.1. The van der Waals surface area contributed by atoms with Gasteiger partial charge in [-0.05, 0) is 60.1 Å². The van der Waals surface area contributed by atoms with E-state index in [0.29, 0.717) is 0 Å². The Kier molecular flexibility index (Phi) is 10.7. The van der Waals surface area contributed by atoms with Crippen molar-refractivity contribution in [1.29, 1.82) is 0 Å². The molecule has 2 rings (SSSR count). The van der Waals surface area contributed by atoms with E-state index in [2.05, 4.69) is 76.2 Å². The molecular weight excluding hydrogens is 356 g/mol. The lowest BCUT2D eigenvalue weighted by Gasteiger charge is -2.13. The van der Waals surface area contributed by atoms with Crippen molar-refractivity contribution in [2.24, 2.45) is 11.8 Å². The molecule has 29 heavy (non-hydrogen) atoms. The minimum atomic E-state index is 0.732. The molecule has 2 aromatic carbocycles. The molecule has 0 aliphatic carbocycles. The molecule has 2 nitrogen and oxygen atoms in total.